The number of carbonyl (C=O) groups excluding carboxylic acids is 2. The van der Waals surface area contributed by atoms with Crippen LogP contribution >= 0.6 is 13.8 Å². The van der Waals surface area contributed by atoms with Crippen molar-refractivity contribution in [3.63, 3.8) is 0 Å². The predicted octanol–water partition coefficient (Wildman–Crippen LogP) is 29.4. The normalized spacial score (nSPS) is 24.8. The molecule has 0 spiro atoms. The van der Waals surface area contributed by atoms with Gasteiger partial charge in [0, 0.05) is 31.9 Å². The Labute approximate surface area is 760 Å². The molecule has 0 aliphatic heterocycles. The van der Waals surface area contributed by atoms with Crippen molar-refractivity contribution in [1.29, 1.82) is 0 Å². The number of aldehydes is 1. The molecular weight excluding hydrogens is 1650 g/mol. The van der Waals surface area contributed by atoms with Crippen LogP contribution in [0.2, 0.25) is 0 Å². The minimum absolute atomic E-state index is 0.311. The number of hydrogen-bond acceptors (Lipinski definition) is 3. The molecule has 14 heteroatoms. The lowest BCUT2D eigenvalue weighted by Crippen LogP contribution is -2.31. The van der Waals surface area contributed by atoms with Gasteiger partial charge in [-0.05, 0) is 309 Å². The Kier molecular flexibility index (Phi) is 38.7. The molecular formula is C114H139F9O3P2. The van der Waals surface area contributed by atoms with Crippen molar-refractivity contribution in [2.45, 2.75) is 246 Å². The predicted molar refractivity (Wildman–Crippen MR) is 519 cm³/mol. The van der Waals surface area contributed by atoms with E-state index in [1.165, 1.54) is 208 Å². The molecule has 0 saturated heterocycles. The van der Waals surface area contributed by atoms with Gasteiger partial charge in [0.2, 0.25) is 0 Å². The molecule has 0 amide bonds. The van der Waals surface area contributed by atoms with Crippen molar-refractivity contribution >= 4 is 75.5 Å². The molecule has 128 heavy (non-hydrogen) atoms. The minimum Gasteiger partial charge on any atom is -0.356 e. The Hall–Kier alpha value is -8.01. The summed E-state index contributed by atoms with van der Waals surface area (Å²) >= 11 is 0. The number of Topliss-reactive ketones (excluding diaryl/α,β-unsaturated/α-hetero) is 1. The Bertz CT molecular complexity index is 4750. The largest absolute Gasteiger partial charge is 0.356 e. The quantitative estimate of drug-likeness (QED) is 0.0294. The number of aryl methyl sites for hydroxylation is 1. The van der Waals surface area contributed by atoms with Crippen LogP contribution < -0.4 is 31.8 Å². The fourth-order valence-electron chi connectivity index (χ4n) is 23.5. The summed E-state index contributed by atoms with van der Waals surface area (Å²) in [4.78, 5) is 22.1. The molecule has 0 bridgehead atoms. The smallest absolute Gasteiger partial charge is 0.194 e. The number of fused-ring (bicyclic) bond motifs is 4. The zero-order chi connectivity index (χ0) is 90.4. The van der Waals surface area contributed by atoms with Gasteiger partial charge in [0.25, 0.3) is 0 Å². The average molecular weight is 1790 g/mol. The number of allylic oxidation sites excluding steroid dienone is 1. The Morgan fingerprint density at radius 2 is 0.617 bits per heavy atom. The van der Waals surface area contributed by atoms with Gasteiger partial charge in [0.1, 0.15) is 12.1 Å². The second-order valence-electron chi connectivity index (χ2n) is 38.5. The highest BCUT2D eigenvalue weighted by atomic mass is 31.2. The highest BCUT2D eigenvalue weighted by Crippen LogP contribution is 2.51. The number of ether oxygens (including phenoxy) is 1. The molecule has 686 valence electrons. The fraction of sp³-hybridized carbons (Fsp3) is 0.474. The summed E-state index contributed by atoms with van der Waals surface area (Å²) in [6, 6.07) is 68.2. The topological polar surface area (TPSA) is 43.4 Å². The van der Waals surface area contributed by atoms with Crippen LogP contribution in [0.3, 0.4) is 0 Å². The third-order valence-corrected chi connectivity index (χ3v) is 37.8. The molecule has 9 aromatic rings. The first-order chi connectivity index (χ1) is 62.2. The second-order valence-corrected chi connectivity index (χ2v) is 45.0. The third kappa shape index (κ3) is 26.9. The van der Waals surface area contributed by atoms with Crippen LogP contribution in [0.1, 0.15) is 256 Å². The van der Waals surface area contributed by atoms with Crippen molar-refractivity contribution in [2.24, 2.45) is 88.8 Å². The Morgan fingerprint density at radius 1 is 0.328 bits per heavy atom. The minimum atomic E-state index is -2.41. The van der Waals surface area contributed by atoms with Gasteiger partial charge >= 0.3 is 0 Å². The lowest BCUT2D eigenvalue weighted by molar-refractivity contribution is -0.123. The van der Waals surface area contributed by atoms with Gasteiger partial charge < -0.3 is 9.53 Å². The first kappa shape index (κ1) is 99.0. The maximum absolute atomic E-state index is 14.0. The van der Waals surface area contributed by atoms with Gasteiger partial charge in [-0.15, -0.1) is 0 Å². The third-order valence-electron chi connectivity index (χ3n) is 29.9. The van der Waals surface area contributed by atoms with E-state index in [2.05, 4.69) is 125 Å². The molecule has 15 atom stereocenters. The monoisotopic (exact) mass is 1790 g/mol. The van der Waals surface area contributed by atoms with Crippen LogP contribution in [0.15, 0.2) is 224 Å². The molecule has 0 aromatic heterocycles. The molecule has 3 nitrogen and oxygen atoms in total. The Morgan fingerprint density at radius 3 is 0.961 bits per heavy atom. The first-order valence-corrected chi connectivity index (χ1v) is 52.4. The van der Waals surface area contributed by atoms with Crippen molar-refractivity contribution in [2.75, 3.05) is 7.11 Å². The van der Waals surface area contributed by atoms with Gasteiger partial charge in [-0.3, -0.25) is 4.79 Å². The van der Waals surface area contributed by atoms with Crippen molar-refractivity contribution < 1.29 is 53.8 Å². The second kappa shape index (κ2) is 50.0. The molecule has 0 radical (unpaired) electrons. The first-order valence-electron chi connectivity index (χ1n) is 48.7. The van der Waals surface area contributed by atoms with Crippen LogP contribution in [-0.4, -0.2) is 31.0 Å². The lowest BCUT2D eigenvalue weighted by atomic mass is 9.63. The number of methoxy groups -OCH3 is 1. The number of rotatable bonds is 22. The fourth-order valence-corrected chi connectivity index (χ4v) is 30.9. The van der Waals surface area contributed by atoms with E-state index in [-0.39, 0.29) is 0 Å². The summed E-state index contributed by atoms with van der Waals surface area (Å²) < 4.78 is 126. The molecule has 8 aliphatic carbocycles. The summed E-state index contributed by atoms with van der Waals surface area (Å²) in [6.45, 7) is 4.83. The molecule has 8 fully saturated rings. The van der Waals surface area contributed by atoms with E-state index in [0.29, 0.717) is 46.6 Å². The molecule has 0 N–H and O–H groups in total. The standard InChI is InChI=1S/C25H18F3P.C21H29F3.C21H27F3.C20H19OP.C14H24O.C13H22O/c26-23-16-19(17-24(27)25(23)28)18-29(20-10-4-1-5-11-20,21-12-6-2-7-13-21)22-14-8-3-9-15-22;2*1-2-3-14-6-8-18-11-15(7-9-17(18)10-14)4-5-16-12-19(22)21(24)20(23)13-16;1-21-17-22(18-11-5-2-6-12-18,19-13-7-3-8-14-19)20-15-9-4-10-16-20;1-2-3-11-4-6-14-9-12(10-15)5-7-13(14)8-11;1-2-3-10-4-5-12-9-13(14)7-6-11(12)8-10/h1-18H;12-15,17-18H,2-11H2,1H3;4-5,12-15,17-18H,2-3,6-11H2,1H3;2-17H,1H3;10-14H,2-9H2,1H3;10-12H,2-9H2,1H3/b;;5-4+;;;. The van der Waals surface area contributed by atoms with E-state index in [1.807, 2.05) is 103 Å². The van der Waals surface area contributed by atoms with E-state index in [4.69, 9.17) is 4.74 Å². The van der Waals surface area contributed by atoms with Crippen molar-refractivity contribution in [3.8, 4) is 0 Å². The molecule has 8 aliphatic rings. The van der Waals surface area contributed by atoms with Crippen LogP contribution in [0.25, 0.3) is 6.08 Å². The molecule has 9 aromatic carbocycles. The summed E-state index contributed by atoms with van der Waals surface area (Å²) in [5, 5.41) is 7.03. The van der Waals surface area contributed by atoms with Gasteiger partial charge in [-0.2, -0.15) is 0 Å². The van der Waals surface area contributed by atoms with Crippen molar-refractivity contribution in [3.05, 3.63) is 294 Å². The summed E-state index contributed by atoms with van der Waals surface area (Å²) in [7, 11) is 1.74. The molecule has 15 unspecified atom stereocenters. The lowest BCUT2D eigenvalue weighted by Gasteiger charge is -2.42. The number of hydrogen-bond donors (Lipinski definition) is 0. The van der Waals surface area contributed by atoms with Crippen molar-refractivity contribution in [1.82, 2.24) is 0 Å². The highest BCUT2D eigenvalue weighted by molar-refractivity contribution is 7.95. The zero-order valence-electron chi connectivity index (χ0n) is 76.4. The van der Waals surface area contributed by atoms with E-state index >= 15 is 0 Å². The van der Waals surface area contributed by atoms with E-state index in [1.54, 1.807) is 13.2 Å². The van der Waals surface area contributed by atoms with Gasteiger partial charge in [-0.1, -0.05) is 305 Å². The highest BCUT2D eigenvalue weighted by Gasteiger charge is 2.40. The zero-order valence-corrected chi connectivity index (χ0v) is 78.2. The Balaban J connectivity index is 0.000000141. The summed E-state index contributed by atoms with van der Waals surface area (Å²) in [5.74, 6) is 5.87. The summed E-state index contributed by atoms with van der Waals surface area (Å²) in [5.41, 5.74) is 1.30. The average Bonchev–Trinajstić information content (AvgIpc) is 0.743. The number of ketones is 1. The number of benzene rings is 9. The number of halogens is 9. The maximum atomic E-state index is 14.0. The SMILES string of the molecule is CCCC1CCC2CC(/C=C/c3cc(F)c(F)c(F)c3)CCC2C1.CCCC1CCC2CC(=O)CCC2C1.CCCC1CCC2CC(C=O)CCC2C1.CCCC1CCC2CC(CCc3cc(F)c(F)c(F)c3)CCC2C1.COC=P(c1ccccc1)(c1ccccc1)c1ccccc1.Fc1cc(C=P(c2ccccc2)(c2ccccc2)c2ccccc2)cc(F)c1F. The van der Waals surface area contributed by atoms with Crippen LogP contribution in [0, 0.1) is 141 Å². The number of carbonyl (C=O) groups is 2. The van der Waals surface area contributed by atoms with E-state index < -0.39 is 66.1 Å². The molecule has 17 rings (SSSR count). The summed E-state index contributed by atoms with van der Waals surface area (Å²) in [6.07, 6.45) is 48.3. The molecule has 0 heterocycles. The van der Waals surface area contributed by atoms with Gasteiger partial charge in [0.05, 0.1) is 0 Å². The van der Waals surface area contributed by atoms with Gasteiger partial charge in [-0.25, -0.2) is 39.5 Å². The maximum Gasteiger partial charge on any atom is 0.194 e. The van der Waals surface area contributed by atoms with Crippen LogP contribution in [0.5, 0.6) is 0 Å². The van der Waals surface area contributed by atoms with E-state index in [0.717, 1.165) is 149 Å². The van der Waals surface area contributed by atoms with Crippen LogP contribution in [-0.2, 0) is 20.7 Å². The van der Waals surface area contributed by atoms with E-state index in [9.17, 15) is 49.1 Å². The molecule has 8 saturated carbocycles. The van der Waals surface area contributed by atoms with Gasteiger partial charge in [0.15, 0.2) is 52.4 Å². The van der Waals surface area contributed by atoms with Crippen LogP contribution in [0.4, 0.5) is 39.5 Å².